The van der Waals surface area contributed by atoms with Gasteiger partial charge in [0.2, 0.25) is 0 Å². The summed E-state index contributed by atoms with van der Waals surface area (Å²) in [5.74, 6) is 0. The van der Waals surface area contributed by atoms with Crippen LogP contribution in [0.4, 0.5) is 0 Å². The van der Waals surface area contributed by atoms with E-state index in [4.69, 9.17) is 17.3 Å². The molecule has 0 unspecified atom stereocenters. The Kier molecular flexibility index (Phi) is 2.40. The predicted molar refractivity (Wildman–Crippen MR) is 59.4 cm³/mol. The third-order valence-electron chi connectivity index (χ3n) is 2.19. The van der Waals surface area contributed by atoms with Crippen molar-refractivity contribution in [2.75, 3.05) is 0 Å². The van der Waals surface area contributed by atoms with Gasteiger partial charge in [-0.15, -0.1) is 0 Å². The number of fused-ring (bicyclic) bond motifs is 1. The van der Waals surface area contributed by atoms with Gasteiger partial charge in [-0.25, -0.2) is 0 Å². The van der Waals surface area contributed by atoms with Crippen molar-refractivity contribution in [3.63, 3.8) is 0 Å². The van der Waals surface area contributed by atoms with Crippen molar-refractivity contribution in [2.24, 2.45) is 5.73 Å². The molecule has 0 fully saturated rings. The Morgan fingerprint density at radius 1 is 1.36 bits per heavy atom. The van der Waals surface area contributed by atoms with E-state index in [1.54, 1.807) is 6.20 Å². The van der Waals surface area contributed by atoms with Crippen LogP contribution in [0.5, 0.6) is 0 Å². The molecule has 2 rings (SSSR count). The lowest BCUT2D eigenvalue weighted by molar-refractivity contribution is 0.814. The molecular formula is C11H11ClN2. The van der Waals surface area contributed by atoms with Gasteiger partial charge < -0.3 is 5.73 Å². The highest BCUT2D eigenvalue weighted by Gasteiger charge is 2.02. The van der Waals surface area contributed by atoms with Gasteiger partial charge in [-0.2, -0.15) is 0 Å². The van der Waals surface area contributed by atoms with Crippen molar-refractivity contribution in [1.29, 1.82) is 0 Å². The van der Waals surface area contributed by atoms with Gasteiger partial charge in [-0.3, -0.25) is 4.98 Å². The predicted octanol–water partition coefficient (Wildman–Crippen LogP) is 2.91. The number of aromatic nitrogens is 1. The van der Waals surface area contributed by atoms with Crippen LogP contribution in [0.3, 0.4) is 0 Å². The molecule has 3 heteroatoms. The van der Waals surface area contributed by atoms with Crippen LogP contribution in [0.1, 0.15) is 18.5 Å². The summed E-state index contributed by atoms with van der Waals surface area (Å²) in [5, 5.41) is 1.76. The van der Waals surface area contributed by atoms with Gasteiger partial charge in [-0.1, -0.05) is 11.6 Å². The average Bonchev–Trinajstić information content (AvgIpc) is 2.16. The molecule has 2 nitrogen and oxygen atoms in total. The summed E-state index contributed by atoms with van der Waals surface area (Å²) >= 11 is 5.89. The van der Waals surface area contributed by atoms with E-state index < -0.39 is 0 Å². The monoisotopic (exact) mass is 206 g/mol. The molecule has 14 heavy (non-hydrogen) atoms. The summed E-state index contributed by atoms with van der Waals surface area (Å²) in [5.41, 5.74) is 7.74. The first-order valence-corrected chi connectivity index (χ1v) is 4.85. The topological polar surface area (TPSA) is 38.9 Å². The molecule has 1 atom stereocenters. The number of benzene rings is 1. The maximum atomic E-state index is 5.89. The van der Waals surface area contributed by atoms with Crippen molar-refractivity contribution >= 4 is 22.5 Å². The van der Waals surface area contributed by atoms with E-state index in [-0.39, 0.29) is 6.04 Å². The van der Waals surface area contributed by atoms with Gasteiger partial charge in [-0.05, 0) is 36.8 Å². The van der Waals surface area contributed by atoms with E-state index in [2.05, 4.69) is 4.98 Å². The number of hydrogen-bond donors (Lipinski definition) is 1. The largest absolute Gasteiger partial charge is 0.324 e. The molecule has 0 saturated heterocycles. The maximum absolute atomic E-state index is 5.89. The van der Waals surface area contributed by atoms with E-state index in [1.807, 2.05) is 31.2 Å². The number of hydrogen-bond acceptors (Lipinski definition) is 2. The summed E-state index contributed by atoms with van der Waals surface area (Å²) < 4.78 is 0. The zero-order valence-corrected chi connectivity index (χ0v) is 8.62. The maximum Gasteiger partial charge on any atom is 0.0703 e. The minimum atomic E-state index is 0.00545. The smallest absolute Gasteiger partial charge is 0.0703 e. The average molecular weight is 207 g/mol. The summed E-state index contributed by atoms with van der Waals surface area (Å²) in [6.07, 6.45) is 1.81. The Morgan fingerprint density at radius 3 is 2.86 bits per heavy atom. The quantitative estimate of drug-likeness (QED) is 0.779. The standard InChI is InChI=1S/C11H11ClN2/c1-7(13)9-4-8-5-10(12)2-3-11(8)14-6-9/h2-7H,13H2,1H3/t7-/m0/s1. The molecule has 0 spiro atoms. The molecule has 1 aromatic heterocycles. The zero-order valence-electron chi connectivity index (χ0n) is 7.87. The summed E-state index contributed by atoms with van der Waals surface area (Å²) in [6.45, 7) is 1.94. The molecule has 2 aromatic rings. The van der Waals surface area contributed by atoms with E-state index in [9.17, 15) is 0 Å². The zero-order chi connectivity index (χ0) is 10.1. The van der Waals surface area contributed by atoms with Crippen molar-refractivity contribution < 1.29 is 0 Å². The van der Waals surface area contributed by atoms with Gasteiger partial charge in [0.25, 0.3) is 0 Å². The van der Waals surface area contributed by atoms with Crippen LogP contribution < -0.4 is 5.73 Å². The first kappa shape index (κ1) is 9.44. The molecule has 0 saturated carbocycles. The number of nitrogens with zero attached hydrogens (tertiary/aromatic N) is 1. The molecule has 2 N–H and O–H groups in total. The third-order valence-corrected chi connectivity index (χ3v) is 2.43. The lowest BCUT2D eigenvalue weighted by Gasteiger charge is -2.06. The molecule has 0 aliphatic rings. The Morgan fingerprint density at radius 2 is 2.14 bits per heavy atom. The summed E-state index contributed by atoms with van der Waals surface area (Å²) in [6, 6.07) is 7.67. The Hall–Kier alpha value is -1.12. The van der Waals surface area contributed by atoms with Crippen molar-refractivity contribution in [2.45, 2.75) is 13.0 Å². The Labute approximate surface area is 87.7 Å². The lowest BCUT2D eigenvalue weighted by Crippen LogP contribution is -2.05. The number of nitrogens with two attached hydrogens (primary N) is 1. The molecular weight excluding hydrogens is 196 g/mol. The van der Waals surface area contributed by atoms with E-state index in [1.165, 1.54) is 0 Å². The van der Waals surface area contributed by atoms with Crippen LogP contribution in [0.2, 0.25) is 5.02 Å². The van der Waals surface area contributed by atoms with Gasteiger partial charge in [0.15, 0.2) is 0 Å². The minimum absolute atomic E-state index is 0.00545. The molecule has 0 radical (unpaired) electrons. The lowest BCUT2D eigenvalue weighted by atomic mass is 10.1. The van der Waals surface area contributed by atoms with Crippen molar-refractivity contribution in [3.8, 4) is 0 Å². The van der Waals surface area contributed by atoms with Crippen LogP contribution in [-0.4, -0.2) is 4.98 Å². The molecule has 0 aliphatic heterocycles. The number of rotatable bonds is 1. The van der Waals surface area contributed by atoms with Crippen LogP contribution in [-0.2, 0) is 0 Å². The highest BCUT2D eigenvalue weighted by atomic mass is 35.5. The normalized spacial score (nSPS) is 13.1. The van der Waals surface area contributed by atoms with E-state index >= 15 is 0 Å². The minimum Gasteiger partial charge on any atom is -0.324 e. The van der Waals surface area contributed by atoms with Gasteiger partial charge in [0, 0.05) is 22.6 Å². The highest BCUT2D eigenvalue weighted by Crippen LogP contribution is 2.20. The fourth-order valence-electron chi connectivity index (χ4n) is 1.37. The van der Waals surface area contributed by atoms with Gasteiger partial charge in [0.1, 0.15) is 0 Å². The molecule has 0 aliphatic carbocycles. The fraction of sp³-hybridized carbons (Fsp3) is 0.182. The number of halogens is 1. The third kappa shape index (κ3) is 1.72. The van der Waals surface area contributed by atoms with Gasteiger partial charge >= 0.3 is 0 Å². The molecule has 0 amide bonds. The fourth-order valence-corrected chi connectivity index (χ4v) is 1.55. The van der Waals surface area contributed by atoms with Crippen LogP contribution in [0.15, 0.2) is 30.5 Å². The second-order valence-corrected chi connectivity index (χ2v) is 3.83. The second-order valence-electron chi connectivity index (χ2n) is 3.39. The molecule has 1 heterocycles. The van der Waals surface area contributed by atoms with Crippen LogP contribution in [0, 0.1) is 0 Å². The summed E-state index contributed by atoms with van der Waals surface area (Å²) in [4.78, 5) is 4.30. The van der Waals surface area contributed by atoms with Crippen molar-refractivity contribution in [3.05, 3.63) is 41.0 Å². The number of pyridine rings is 1. The first-order chi connectivity index (χ1) is 6.66. The van der Waals surface area contributed by atoms with Crippen LogP contribution in [0.25, 0.3) is 10.9 Å². The van der Waals surface area contributed by atoms with E-state index in [0.29, 0.717) is 0 Å². The first-order valence-electron chi connectivity index (χ1n) is 4.47. The molecule has 72 valence electrons. The van der Waals surface area contributed by atoms with Crippen LogP contribution >= 0.6 is 11.6 Å². The molecule has 0 bridgehead atoms. The Balaban J connectivity index is 2.63. The van der Waals surface area contributed by atoms with Gasteiger partial charge in [0.05, 0.1) is 5.52 Å². The molecule has 1 aromatic carbocycles. The summed E-state index contributed by atoms with van der Waals surface area (Å²) in [7, 11) is 0. The van der Waals surface area contributed by atoms with Crippen molar-refractivity contribution in [1.82, 2.24) is 4.98 Å². The Bertz CT molecular complexity index is 466. The second kappa shape index (κ2) is 3.56. The van der Waals surface area contributed by atoms with E-state index in [0.717, 1.165) is 21.5 Å². The SMILES string of the molecule is C[C@H](N)c1cnc2ccc(Cl)cc2c1. The highest BCUT2D eigenvalue weighted by molar-refractivity contribution is 6.31.